The van der Waals surface area contributed by atoms with E-state index in [4.69, 9.17) is 7.98 Å². The molecule has 0 spiro atoms. The van der Waals surface area contributed by atoms with Crippen molar-refractivity contribution in [2.75, 3.05) is 0 Å². The van der Waals surface area contributed by atoms with Gasteiger partial charge in [0.2, 0.25) is 13.9 Å². The summed E-state index contributed by atoms with van der Waals surface area (Å²) in [6, 6.07) is 0. The van der Waals surface area contributed by atoms with Crippen LogP contribution in [0.1, 0.15) is 20.3 Å². The molecular formula is C9H12BNO. The molecule has 3 heteroatoms. The van der Waals surface area contributed by atoms with E-state index in [9.17, 15) is 4.79 Å². The van der Waals surface area contributed by atoms with Crippen molar-refractivity contribution in [3.05, 3.63) is 23.9 Å². The SMILES string of the molecule is [B]N1C(=C)C/C(=C/C(C)C)C1=O. The highest BCUT2D eigenvalue weighted by Gasteiger charge is 2.25. The molecule has 0 atom stereocenters. The van der Waals surface area contributed by atoms with E-state index in [-0.39, 0.29) is 5.91 Å². The fourth-order valence-corrected chi connectivity index (χ4v) is 1.21. The van der Waals surface area contributed by atoms with E-state index in [1.165, 1.54) is 0 Å². The normalized spacial score (nSPS) is 21.6. The number of carbonyl (C=O) groups is 1. The smallest absolute Gasteiger partial charge is 0.240 e. The predicted molar refractivity (Wildman–Crippen MR) is 49.3 cm³/mol. The van der Waals surface area contributed by atoms with Crippen LogP contribution in [-0.4, -0.2) is 18.7 Å². The summed E-state index contributed by atoms with van der Waals surface area (Å²) in [6.07, 6.45) is 2.52. The number of hydrogen-bond acceptors (Lipinski definition) is 1. The van der Waals surface area contributed by atoms with Crippen molar-refractivity contribution in [2.45, 2.75) is 20.3 Å². The lowest BCUT2D eigenvalue weighted by molar-refractivity contribution is -0.120. The Balaban J connectivity index is 2.85. The second-order valence-corrected chi connectivity index (χ2v) is 3.35. The molecule has 62 valence electrons. The van der Waals surface area contributed by atoms with Crippen molar-refractivity contribution >= 4 is 13.9 Å². The highest BCUT2D eigenvalue weighted by atomic mass is 16.2. The third-order valence-corrected chi connectivity index (χ3v) is 1.76. The van der Waals surface area contributed by atoms with Crippen LogP contribution >= 0.6 is 0 Å². The lowest BCUT2D eigenvalue weighted by Gasteiger charge is -2.07. The van der Waals surface area contributed by atoms with E-state index in [1.807, 2.05) is 19.9 Å². The minimum atomic E-state index is -0.117. The van der Waals surface area contributed by atoms with Gasteiger partial charge in [-0.25, -0.2) is 0 Å². The van der Waals surface area contributed by atoms with Crippen molar-refractivity contribution in [1.82, 2.24) is 4.81 Å². The van der Waals surface area contributed by atoms with Gasteiger partial charge in [0.15, 0.2) is 0 Å². The van der Waals surface area contributed by atoms with E-state index in [1.54, 1.807) is 0 Å². The zero-order valence-electron chi connectivity index (χ0n) is 7.50. The molecule has 1 heterocycles. The average Bonchev–Trinajstić information content (AvgIpc) is 2.17. The summed E-state index contributed by atoms with van der Waals surface area (Å²) in [5.41, 5.74) is 1.43. The average molecular weight is 161 g/mol. The van der Waals surface area contributed by atoms with Gasteiger partial charge in [0.1, 0.15) is 0 Å². The molecule has 0 aliphatic carbocycles. The minimum absolute atomic E-state index is 0.117. The molecule has 0 aromatic rings. The van der Waals surface area contributed by atoms with Crippen molar-refractivity contribution in [1.29, 1.82) is 0 Å². The van der Waals surface area contributed by atoms with Crippen LogP contribution in [-0.2, 0) is 4.79 Å². The van der Waals surface area contributed by atoms with Crippen molar-refractivity contribution < 1.29 is 4.79 Å². The van der Waals surface area contributed by atoms with Crippen molar-refractivity contribution in [2.24, 2.45) is 5.92 Å². The van der Waals surface area contributed by atoms with E-state index in [0.717, 1.165) is 10.4 Å². The van der Waals surface area contributed by atoms with Gasteiger partial charge in [0.05, 0.1) is 0 Å². The molecule has 0 aromatic carbocycles. The first kappa shape index (κ1) is 9.11. The lowest BCUT2D eigenvalue weighted by atomic mass is 10.1. The Hall–Kier alpha value is -0.985. The number of hydrogen-bond donors (Lipinski definition) is 0. The number of nitrogens with zero attached hydrogens (tertiary/aromatic N) is 1. The second kappa shape index (κ2) is 3.17. The van der Waals surface area contributed by atoms with Gasteiger partial charge in [-0.15, -0.1) is 0 Å². The molecule has 1 fully saturated rings. The molecule has 0 bridgehead atoms. The highest BCUT2D eigenvalue weighted by molar-refractivity contribution is 6.21. The maximum atomic E-state index is 11.3. The van der Waals surface area contributed by atoms with Gasteiger partial charge in [-0.2, -0.15) is 0 Å². The maximum Gasteiger partial charge on any atom is 0.240 e. The largest absolute Gasteiger partial charge is 0.369 e. The van der Waals surface area contributed by atoms with Crippen LogP contribution in [0.25, 0.3) is 0 Å². The van der Waals surface area contributed by atoms with Gasteiger partial charge < -0.3 is 4.81 Å². The van der Waals surface area contributed by atoms with Crippen LogP contribution in [0.5, 0.6) is 0 Å². The van der Waals surface area contributed by atoms with Crippen molar-refractivity contribution in [3.63, 3.8) is 0 Å². The van der Waals surface area contributed by atoms with Gasteiger partial charge in [-0.1, -0.05) is 26.5 Å². The van der Waals surface area contributed by atoms with Gasteiger partial charge in [0, 0.05) is 17.7 Å². The van der Waals surface area contributed by atoms with Gasteiger partial charge in [0.25, 0.3) is 0 Å². The topological polar surface area (TPSA) is 20.3 Å². The van der Waals surface area contributed by atoms with Crippen LogP contribution in [0.15, 0.2) is 23.9 Å². The van der Waals surface area contributed by atoms with Crippen LogP contribution in [0.2, 0.25) is 0 Å². The Kier molecular flexibility index (Phi) is 2.41. The molecular weight excluding hydrogens is 149 g/mol. The van der Waals surface area contributed by atoms with E-state index in [0.29, 0.717) is 18.0 Å². The predicted octanol–water partition coefficient (Wildman–Crippen LogP) is 1.40. The number of allylic oxidation sites excluding steroid dienone is 2. The maximum absolute atomic E-state index is 11.3. The first-order valence-corrected chi connectivity index (χ1v) is 4.00. The van der Waals surface area contributed by atoms with Crippen LogP contribution in [0.3, 0.4) is 0 Å². The summed E-state index contributed by atoms with van der Waals surface area (Å²) >= 11 is 0. The lowest BCUT2D eigenvalue weighted by Crippen LogP contribution is -2.19. The Morgan fingerprint density at radius 2 is 2.25 bits per heavy atom. The second-order valence-electron chi connectivity index (χ2n) is 3.35. The highest BCUT2D eigenvalue weighted by Crippen LogP contribution is 2.24. The zero-order valence-corrected chi connectivity index (χ0v) is 7.50. The van der Waals surface area contributed by atoms with E-state index < -0.39 is 0 Å². The molecule has 2 radical (unpaired) electrons. The zero-order chi connectivity index (χ0) is 9.30. The minimum Gasteiger partial charge on any atom is -0.369 e. The first-order chi connectivity index (χ1) is 5.52. The van der Waals surface area contributed by atoms with Crippen LogP contribution in [0, 0.1) is 5.92 Å². The molecule has 0 unspecified atom stereocenters. The Morgan fingerprint density at radius 1 is 1.67 bits per heavy atom. The van der Waals surface area contributed by atoms with Gasteiger partial charge >= 0.3 is 0 Å². The molecule has 0 N–H and O–H groups in total. The summed E-state index contributed by atoms with van der Waals surface area (Å²) < 4.78 is 0. The molecule has 1 rings (SSSR count). The Morgan fingerprint density at radius 3 is 2.58 bits per heavy atom. The molecule has 1 saturated heterocycles. The fourth-order valence-electron chi connectivity index (χ4n) is 1.21. The molecule has 1 amide bonds. The summed E-state index contributed by atoms with van der Waals surface area (Å²) in [6.45, 7) is 7.74. The Labute approximate surface area is 74.4 Å². The number of rotatable bonds is 1. The Bertz CT molecular complexity index is 255. The summed E-state index contributed by atoms with van der Waals surface area (Å²) in [5.74, 6) is 0.261. The molecule has 1 aliphatic heterocycles. The molecule has 0 saturated carbocycles. The standard InChI is InChI=1S/C9H12BNO/c1-6(2)4-8-5-7(3)11(10)9(8)12/h4,6H,3,5H2,1-2H3/b8-4-. The molecule has 1 aliphatic rings. The van der Waals surface area contributed by atoms with E-state index in [2.05, 4.69) is 6.58 Å². The third-order valence-electron chi connectivity index (χ3n) is 1.76. The summed E-state index contributed by atoms with van der Waals surface area (Å²) in [7, 11) is 5.43. The molecule has 0 aromatic heterocycles. The first-order valence-electron chi connectivity index (χ1n) is 4.00. The third kappa shape index (κ3) is 1.60. The fraction of sp³-hybridized carbons (Fsp3) is 0.444. The number of carbonyl (C=O) groups excluding carboxylic acids is 1. The molecule has 12 heavy (non-hydrogen) atoms. The quantitative estimate of drug-likeness (QED) is 0.420. The summed E-state index contributed by atoms with van der Waals surface area (Å²) in [4.78, 5) is 12.4. The van der Waals surface area contributed by atoms with Crippen LogP contribution in [0.4, 0.5) is 0 Å². The number of amides is 1. The van der Waals surface area contributed by atoms with Gasteiger partial charge in [-0.05, 0) is 5.92 Å². The summed E-state index contributed by atoms with van der Waals surface area (Å²) in [5, 5.41) is 0. The monoisotopic (exact) mass is 161 g/mol. The van der Waals surface area contributed by atoms with Gasteiger partial charge in [-0.3, -0.25) is 4.79 Å². The molecule has 2 nitrogen and oxygen atoms in total. The van der Waals surface area contributed by atoms with Crippen molar-refractivity contribution in [3.8, 4) is 0 Å². The van der Waals surface area contributed by atoms with E-state index >= 15 is 0 Å². The van der Waals surface area contributed by atoms with Crippen LogP contribution < -0.4 is 0 Å².